The summed E-state index contributed by atoms with van der Waals surface area (Å²) >= 11 is 13.3. The molecule has 0 aliphatic carbocycles. The van der Waals surface area contributed by atoms with Gasteiger partial charge in [-0.1, -0.05) is 47.1 Å². The summed E-state index contributed by atoms with van der Waals surface area (Å²) in [5.41, 5.74) is 3.13. The maximum atomic E-state index is 6.34. The van der Waals surface area contributed by atoms with Gasteiger partial charge >= 0.3 is 0 Å². The first-order valence-electron chi connectivity index (χ1n) is 10.2. The van der Waals surface area contributed by atoms with Crippen molar-refractivity contribution in [2.75, 3.05) is 4.90 Å². The number of halogens is 1. The Kier molecular flexibility index (Phi) is 5.91. The minimum absolute atomic E-state index is 0.135. The Morgan fingerprint density at radius 1 is 1.00 bits per heavy atom. The molecule has 7 heteroatoms. The molecule has 4 aromatic rings. The van der Waals surface area contributed by atoms with Crippen molar-refractivity contribution in [2.45, 2.75) is 29.0 Å². The monoisotopic (exact) mass is 477 g/mol. The second-order valence-corrected chi connectivity index (χ2v) is 9.45. The smallest absolute Gasteiger partial charge is 0.174 e. The standard InChI is InChI=1S/C25H20ClN3OS2/c1-16-5-9-18(10-6-16)29-24(23(28-25(29)31)20-4-2-3-15-27-20)21-13-14-22(30-21)32-19-11-7-17(26)8-12-19/h2-15,23-24H,1H3,(H,28,31)/t23-,24+/m0/s1. The number of nitrogens with one attached hydrogen (secondary N) is 1. The van der Waals surface area contributed by atoms with E-state index >= 15 is 0 Å². The first-order valence-corrected chi connectivity index (χ1v) is 11.8. The highest BCUT2D eigenvalue weighted by Crippen LogP contribution is 2.43. The number of pyridine rings is 1. The molecule has 4 nitrogen and oxygen atoms in total. The number of nitrogens with zero attached hydrogens (tertiary/aromatic N) is 2. The lowest BCUT2D eigenvalue weighted by molar-refractivity contribution is 0.383. The average molecular weight is 478 g/mol. The van der Waals surface area contributed by atoms with Gasteiger partial charge in [0.2, 0.25) is 0 Å². The van der Waals surface area contributed by atoms with Crippen molar-refractivity contribution in [3.63, 3.8) is 0 Å². The normalized spacial score (nSPS) is 18.1. The summed E-state index contributed by atoms with van der Waals surface area (Å²) in [7, 11) is 0. The van der Waals surface area contributed by atoms with Crippen LogP contribution in [-0.2, 0) is 0 Å². The fourth-order valence-corrected chi connectivity index (χ4v) is 5.04. The molecule has 1 fully saturated rings. The second-order valence-electron chi connectivity index (χ2n) is 7.54. The van der Waals surface area contributed by atoms with Crippen LogP contribution in [0.3, 0.4) is 0 Å². The van der Waals surface area contributed by atoms with Gasteiger partial charge in [0.1, 0.15) is 11.8 Å². The van der Waals surface area contributed by atoms with Gasteiger partial charge in [-0.15, -0.1) is 0 Å². The summed E-state index contributed by atoms with van der Waals surface area (Å²) in [5, 5.41) is 5.64. The minimum atomic E-state index is -0.167. The summed E-state index contributed by atoms with van der Waals surface area (Å²) in [4.78, 5) is 7.76. The maximum Gasteiger partial charge on any atom is 0.174 e. The van der Waals surface area contributed by atoms with Gasteiger partial charge in [-0.3, -0.25) is 4.98 Å². The van der Waals surface area contributed by atoms with Gasteiger partial charge in [0.15, 0.2) is 10.2 Å². The van der Waals surface area contributed by atoms with Gasteiger partial charge in [-0.05, 0) is 79.8 Å². The van der Waals surface area contributed by atoms with Crippen LogP contribution >= 0.6 is 35.6 Å². The molecule has 5 rings (SSSR count). The molecule has 1 aliphatic rings. The van der Waals surface area contributed by atoms with E-state index in [0.29, 0.717) is 10.1 Å². The second kappa shape index (κ2) is 8.98. The highest BCUT2D eigenvalue weighted by Gasteiger charge is 2.42. The summed E-state index contributed by atoms with van der Waals surface area (Å²) in [6, 6.07) is 25.7. The molecule has 1 saturated heterocycles. The lowest BCUT2D eigenvalue weighted by Crippen LogP contribution is -2.29. The van der Waals surface area contributed by atoms with Crippen LogP contribution in [0.2, 0.25) is 5.02 Å². The molecule has 2 atom stereocenters. The van der Waals surface area contributed by atoms with E-state index in [-0.39, 0.29) is 12.1 Å². The van der Waals surface area contributed by atoms with Crippen molar-refractivity contribution in [1.29, 1.82) is 0 Å². The number of hydrogen-bond acceptors (Lipinski definition) is 4. The molecule has 0 amide bonds. The number of thiocarbonyl (C=S) groups is 1. The van der Waals surface area contributed by atoms with E-state index in [1.807, 2.05) is 54.6 Å². The van der Waals surface area contributed by atoms with Gasteiger partial charge in [0.05, 0.1) is 11.7 Å². The highest BCUT2D eigenvalue weighted by atomic mass is 35.5. The van der Waals surface area contributed by atoms with Crippen molar-refractivity contribution >= 4 is 46.4 Å². The summed E-state index contributed by atoms with van der Waals surface area (Å²) < 4.78 is 6.34. The molecule has 3 heterocycles. The van der Waals surface area contributed by atoms with E-state index in [9.17, 15) is 0 Å². The van der Waals surface area contributed by atoms with Gasteiger partial charge in [-0.2, -0.15) is 0 Å². The molecule has 32 heavy (non-hydrogen) atoms. The Hall–Kier alpha value is -2.80. The number of rotatable bonds is 5. The molecule has 0 unspecified atom stereocenters. The molecule has 0 spiro atoms. The van der Waals surface area contributed by atoms with Gasteiger partial charge in [-0.25, -0.2) is 0 Å². The SMILES string of the molecule is Cc1ccc(N2C(=S)N[C@@H](c3ccccn3)[C@H]2c2ccc(Sc3ccc(Cl)cc3)o2)cc1. The largest absolute Gasteiger partial charge is 0.452 e. The molecule has 0 radical (unpaired) electrons. The van der Waals surface area contributed by atoms with Crippen LogP contribution < -0.4 is 10.2 Å². The lowest BCUT2D eigenvalue weighted by Gasteiger charge is -2.26. The van der Waals surface area contributed by atoms with E-state index in [1.165, 1.54) is 5.56 Å². The Morgan fingerprint density at radius 3 is 2.50 bits per heavy atom. The average Bonchev–Trinajstić information content (AvgIpc) is 3.40. The molecular weight excluding hydrogens is 458 g/mol. The molecule has 1 aliphatic heterocycles. The minimum Gasteiger partial charge on any atom is -0.452 e. The molecule has 0 saturated carbocycles. The fraction of sp³-hybridized carbons (Fsp3) is 0.120. The summed E-state index contributed by atoms with van der Waals surface area (Å²) in [5.74, 6) is 0.824. The zero-order chi connectivity index (χ0) is 22.1. The Balaban J connectivity index is 1.52. The number of anilines is 1. The third-order valence-electron chi connectivity index (χ3n) is 5.34. The maximum absolute atomic E-state index is 6.34. The van der Waals surface area contributed by atoms with E-state index < -0.39 is 0 Å². The van der Waals surface area contributed by atoms with E-state index in [4.69, 9.17) is 28.2 Å². The summed E-state index contributed by atoms with van der Waals surface area (Å²) in [6.07, 6.45) is 1.80. The molecule has 2 aromatic carbocycles. The van der Waals surface area contributed by atoms with Gasteiger partial charge in [0.25, 0.3) is 0 Å². The van der Waals surface area contributed by atoms with Crippen LogP contribution in [0, 0.1) is 6.92 Å². The van der Waals surface area contributed by atoms with Crippen LogP contribution in [0.15, 0.2) is 99.5 Å². The lowest BCUT2D eigenvalue weighted by atomic mass is 10.0. The third-order valence-corrected chi connectivity index (χ3v) is 6.83. The first-order chi connectivity index (χ1) is 15.6. The summed E-state index contributed by atoms with van der Waals surface area (Å²) in [6.45, 7) is 2.07. The molecule has 0 bridgehead atoms. The van der Waals surface area contributed by atoms with Crippen LogP contribution in [0.25, 0.3) is 0 Å². The number of benzene rings is 2. The van der Waals surface area contributed by atoms with Gasteiger partial charge < -0.3 is 14.6 Å². The zero-order valence-corrected chi connectivity index (χ0v) is 19.6. The van der Waals surface area contributed by atoms with E-state index in [1.54, 1.807) is 18.0 Å². The number of aromatic nitrogens is 1. The van der Waals surface area contributed by atoms with Crippen LogP contribution in [0.4, 0.5) is 5.69 Å². The van der Waals surface area contributed by atoms with Crippen molar-refractivity contribution in [1.82, 2.24) is 10.3 Å². The first kappa shape index (κ1) is 21.1. The Morgan fingerprint density at radius 2 is 1.78 bits per heavy atom. The Bertz CT molecular complexity index is 1230. The van der Waals surface area contributed by atoms with Gasteiger partial charge in [0, 0.05) is 21.8 Å². The topological polar surface area (TPSA) is 41.3 Å². The number of aryl methyl sites for hydroxylation is 1. The van der Waals surface area contributed by atoms with E-state index in [2.05, 4.69) is 46.4 Å². The third kappa shape index (κ3) is 4.26. The predicted octanol–water partition coefficient (Wildman–Crippen LogP) is 6.96. The highest BCUT2D eigenvalue weighted by molar-refractivity contribution is 7.99. The Labute approximate surface area is 201 Å². The number of furan rings is 1. The molecular formula is C25H20ClN3OS2. The van der Waals surface area contributed by atoms with Crippen molar-refractivity contribution < 1.29 is 4.42 Å². The zero-order valence-electron chi connectivity index (χ0n) is 17.2. The van der Waals surface area contributed by atoms with Crippen molar-refractivity contribution in [3.8, 4) is 0 Å². The van der Waals surface area contributed by atoms with E-state index in [0.717, 1.165) is 27.1 Å². The van der Waals surface area contributed by atoms with Crippen LogP contribution in [-0.4, -0.2) is 10.1 Å². The quantitative estimate of drug-likeness (QED) is 0.313. The van der Waals surface area contributed by atoms with Crippen LogP contribution in [0.5, 0.6) is 0 Å². The molecule has 2 aromatic heterocycles. The molecule has 1 N–H and O–H groups in total. The van der Waals surface area contributed by atoms with Crippen molar-refractivity contribution in [2.24, 2.45) is 0 Å². The predicted molar refractivity (Wildman–Crippen MR) is 133 cm³/mol. The molecule has 160 valence electrons. The fourth-order valence-electron chi connectivity index (χ4n) is 3.79. The van der Waals surface area contributed by atoms with Crippen LogP contribution in [0.1, 0.15) is 29.1 Å². The van der Waals surface area contributed by atoms with Crippen molar-refractivity contribution in [3.05, 3.63) is 107 Å². The number of hydrogen-bond donors (Lipinski definition) is 1.